The summed E-state index contributed by atoms with van der Waals surface area (Å²) in [5, 5.41) is 9.84. The molecule has 0 fully saturated rings. The quantitative estimate of drug-likeness (QED) is 0.702. The van der Waals surface area contributed by atoms with Crippen LogP contribution in [0.2, 0.25) is 0 Å². The van der Waals surface area contributed by atoms with Gasteiger partial charge < -0.3 is 14.4 Å². The highest BCUT2D eigenvalue weighted by Crippen LogP contribution is 2.32. The van der Waals surface area contributed by atoms with E-state index in [0.29, 0.717) is 5.58 Å². The van der Waals surface area contributed by atoms with Gasteiger partial charge in [-0.3, -0.25) is 4.79 Å². The topological polar surface area (TPSA) is 70.8 Å². The Morgan fingerprint density at radius 2 is 1.88 bits per heavy atom. The van der Waals surface area contributed by atoms with Crippen molar-refractivity contribution >= 4 is 22.6 Å². The second kappa shape index (κ2) is 7.04. The number of rotatable bonds is 5. The number of carboxylic acid groups (broad SMARTS) is 1. The Morgan fingerprint density at radius 1 is 1.15 bits per heavy atom. The van der Waals surface area contributed by atoms with Crippen molar-refractivity contribution in [2.24, 2.45) is 0 Å². The molecule has 3 rings (SSSR count). The average molecular weight is 351 g/mol. The second-order valence-electron chi connectivity index (χ2n) is 6.53. The highest BCUT2D eigenvalue weighted by Gasteiger charge is 2.16. The number of anilines is 1. The molecule has 1 heterocycles. The Bertz CT molecular complexity index is 1020. The molecule has 5 nitrogen and oxygen atoms in total. The van der Waals surface area contributed by atoms with Crippen LogP contribution in [0.4, 0.5) is 5.69 Å². The largest absolute Gasteiger partial charge is 0.481 e. The molecule has 3 aromatic rings. The normalized spacial score (nSPS) is 12.1. The molecule has 1 atom stereocenters. The fourth-order valence-electron chi connectivity index (χ4n) is 3.11. The third kappa shape index (κ3) is 3.47. The summed E-state index contributed by atoms with van der Waals surface area (Å²) >= 11 is 0. The molecular weight excluding hydrogens is 330 g/mol. The van der Waals surface area contributed by atoms with E-state index >= 15 is 0 Å². The highest BCUT2D eigenvalue weighted by atomic mass is 16.4. The lowest BCUT2D eigenvalue weighted by Gasteiger charge is -2.26. The third-order valence-electron chi connectivity index (χ3n) is 4.70. The van der Waals surface area contributed by atoms with E-state index in [2.05, 4.69) is 0 Å². The van der Waals surface area contributed by atoms with Crippen molar-refractivity contribution in [1.29, 1.82) is 0 Å². The zero-order valence-corrected chi connectivity index (χ0v) is 15.0. The minimum absolute atomic E-state index is 0.0295. The van der Waals surface area contributed by atoms with Gasteiger partial charge >= 0.3 is 11.6 Å². The van der Waals surface area contributed by atoms with Gasteiger partial charge in [-0.15, -0.1) is 0 Å². The summed E-state index contributed by atoms with van der Waals surface area (Å²) in [5.74, 6) is -0.849. The summed E-state index contributed by atoms with van der Waals surface area (Å²) in [6.45, 7) is 3.85. The van der Waals surface area contributed by atoms with Gasteiger partial charge in [0.2, 0.25) is 0 Å². The van der Waals surface area contributed by atoms with Crippen molar-refractivity contribution in [2.75, 3.05) is 11.9 Å². The number of benzene rings is 2. The molecule has 0 unspecified atom stereocenters. The number of aryl methyl sites for hydroxylation is 1. The number of fused-ring (bicyclic) bond motifs is 1. The summed E-state index contributed by atoms with van der Waals surface area (Å²) in [4.78, 5) is 24.9. The number of hydrogen-bond acceptors (Lipinski definition) is 4. The van der Waals surface area contributed by atoms with Crippen molar-refractivity contribution in [3.8, 4) is 11.1 Å². The molecule has 0 spiro atoms. The predicted molar refractivity (Wildman–Crippen MR) is 103 cm³/mol. The molecule has 0 saturated heterocycles. The Balaban J connectivity index is 2.11. The van der Waals surface area contributed by atoms with E-state index in [1.54, 1.807) is 6.07 Å². The van der Waals surface area contributed by atoms with Gasteiger partial charge in [-0.05, 0) is 37.1 Å². The standard InChI is InChI=1S/C21H21NO4/c1-13-6-4-5-7-16(13)18-12-21(25)26-19-11-15(8-9-17(18)19)22(3)14(2)10-20(23)24/h4-9,11-12,14H,10H2,1-3H3,(H,23,24)/t14-/m1/s1. The first kappa shape index (κ1) is 17.7. The minimum Gasteiger partial charge on any atom is -0.481 e. The molecular formula is C21H21NO4. The number of carboxylic acids is 1. The molecule has 0 amide bonds. The lowest BCUT2D eigenvalue weighted by atomic mass is 9.97. The van der Waals surface area contributed by atoms with E-state index < -0.39 is 11.6 Å². The van der Waals surface area contributed by atoms with Crippen LogP contribution in [0.3, 0.4) is 0 Å². The van der Waals surface area contributed by atoms with Crippen LogP contribution in [0.15, 0.2) is 57.7 Å². The smallest absolute Gasteiger partial charge is 0.336 e. The Hall–Kier alpha value is -3.08. The van der Waals surface area contributed by atoms with Gasteiger partial charge in [0.25, 0.3) is 0 Å². The first-order chi connectivity index (χ1) is 12.4. The molecule has 1 aromatic heterocycles. The van der Waals surface area contributed by atoms with Crippen molar-refractivity contribution in [3.63, 3.8) is 0 Å². The molecule has 2 aromatic carbocycles. The summed E-state index contributed by atoms with van der Waals surface area (Å²) in [5.41, 5.74) is 3.79. The highest BCUT2D eigenvalue weighted by molar-refractivity contribution is 5.95. The van der Waals surface area contributed by atoms with Crippen molar-refractivity contribution in [1.82, 2.24) is 0 Å². The number of nitrogens with zero attached hydrogens (tertiary/aromatic N) is 1. The van der Waals surface area contributed by atoms with E-state index in [4.69, 9.17) is 9.52 Å². The third-order valence-corrected chi connectivity index (χ3v) is 4.70. The number of hydrogen-bond donors (Lipinski definition) is 1. The van der Waals surface area contributed by atoms with E-state index in [0.717, 1.165) is 27.8 Å². The summed E-state index contributed by atoms with van der Waals surface area (Å²) in [6, 6.07) is 14.8. The molecule has 0 saturated carbocycles. The predicted octanol–water partition coefficient (Wildman–Crippen LogP) is 4.07. The van der Waals surface area contributed by atoms with E-state index in [1.807, 2.05) is 62.2 Å². The van der Waals surface area contributed by atoms with Gasteiger partial charge in [-0.2, -0.15) is 0 Å². The van der Waals surface area contributed by atoms with Gasteiger partial charge in [0.05, 0.1) is 6.42 Å². The molecule has 1 N–H and O–H groups in total. The van der Waals surface area contributed by atoms with Crippen LogP contribution in [-0.4, -0.2) is 24.2 Å². The fraction of sp³-hybridized carbons (Fsp3) is 0.238. The molecule has 0 radical (unpaired) electrons. The van der Waals surface area contributed by atoms with Crippen molar-refractivity contribution in [3.05, 3.63) is 64.5 Å². The first-order valence-corrected chi connectivity index (χ1v) is 8.45. The van der Waals surface area contributed by atoms with Crippen LogP contribution in [0.1, 0.15) is 18.9 Å². The number of aliphatic carboxylic acids is 1. The molecule has 5 heteroatoms. The maximum Gasteiger partial charge on any atom is 0.336 e. The Kier molecular flexibility index (Phi) is 4.80. The number of carbonyl (C=O) groups is 1. The lowest BCUT2D eigenvalue weighted by molar-refractivity contribution is -0.137. The summed E-state index contributed by atoms with van der Waals surface area (Å²) < 4.78 is 5.42. The van der Waals surface area contributed by atoms with Crippen LogP contribution in [0.5, 0.6) is 0 Å². The van der Waals surface area contributed by atoms with Crippen LogP contribution in [0.25, 0.3) is 22.1 Å². The first-order valence-electron chi connectivity index (χ1n) is 8.45. The molecule has 134 valence electrons. The van der Waals surface area contributed by atoms with Crippen molar-refractivity contribution < 1.29 is 14.3 Å². The minimum atomic E-state index is -0.849. The van der Waals surface area contributed by atoms with Crippen LogP contribution < -0.4 is 10.5 Å². The zero-order chi connectivity index (χ0) is 18.8. The van der Waals surface area contributed by atoms with Crippen LogP contribution in [-0.2, 0) is 4.79 Å². The van der Waals surface area contributed by atoms with Gasteiger partial charge in [0, 0.05) is 41.9 Å². The van der Waals surface area contributed by atoms with Gasteiger partial charge in [-0.25, -0.2) is 4.79 Å². The lowest BCUT2D eigenvalue weighted by Crippen LogP contribution is -2.30. The fourth-order valence-corrected chi connectivity index (χ4v) is 3.11. The van der Waals surface area contributed by atoms with E-state index in [1.165, 1.54) is 6.07 Å². The van der Waals surface area contributed by atoms with Crippen LogP contribution in [0, 0.1) is 6.92 Å². The van der Waals surface area contributed by atoms with E-state index in [-0.39, 0.29) is 12.5 Å². The second-order valence-corrected chi connectivity index (χ2v) is 6.53. The molecule has 0 aliphatic carbocycles. The van der Waals surface area contributed by atoms with Gasteiger partial charge in [0.1, 0.15) is 5.58 Å². The zero-order valence-electron chi connectivity index (χ0n) is 15.0. The Morgan fingerprint density at radius 3 is 2.58 bits per heavy atom. The molecule has 0 bridgehead atoms. The monoisotopic (exact) mass is 351 g/mol. The summed E-state index contributed by atoms with van der Waals surface area (Å²) in [6.07, 6.45) is 0.0295. The maximum absolute atomic E-state index is 12.1. The van der Waals surface area contributed by atoms with Gasteiger partial charge in [-0.1, -0.05) is 24.3 Å². The Labute approximate surface area is 151 Å². The van der Waals surface area contributed by atoms with Crippen molar-refractivity contribution in [2.45, 2.75) is 26.3 Å². The summed E-state index contributed by atoms with van der Waals surface area (Å²) in [7, 11) is 1.83. The molecule has 0 aliphatic heterocycles. The maximum atomic E-state index is 12.1. The van der Waals surface area contributed by atoms with Gasteiger partial charge in [0.15, 0.2) is 0 Å². The van der Waals surface area contributed by atoms with E-state index in [9.17, 15) is 9.59 Å². The molecule has 0 aliphatic rings. The van der Waals surface area contributed by atoms with Crippen LogP contribution >= 0.6 is 0 Å². The average Bonchev–Trinajstić information content (AvgIpc) is 2.59. The molecule has 26 heavy (non-hydrogen) atoms. The SMILES string of the molecule is Cc1ccccc1-c1cc(=O)oc2cc(N(C)[C@H](C)CC(=O)O)ccc12.